The van der Waals surface area contributed by atoms with Gasteiger partial charge in [0.1, 0.15) is 0 Å². The molecule has 0 N–H and O–H groups in total. The molecule has 120 valence electrons. The Hall–Kier alpha value is -3.07. The molecule has 0 saturated heterocycles. The Bertz CT molecular complexity index is 1130. The van der Waals surface area contributed by atoms with Crippen LogP contribution in [0.2, 0.25) is 0 Å². The Labute approximate surface area is 143 Å². The lowest BCUT2D eigenvalue weighted by Crippen LogP contribution is -2.11. The Morgan fingerprint density at radius 1 is 0.680 bits per heavy atom. The third-order valence-electron chi connectivity index (χ3n) is 4.84. The van der Waals surface area contributed by atoms with Crippen LogP contribution in [-0.4, -0.2) is 4.98 Å². The highest BCUT2D eigenvalue weighted by molar-refractivity contribution is 5.88. The van der Waals surface area contributed by atoms with E-state index in [1.807, 2.05) is 42.5 Å². The number of fused-ring (bicyclic) bond motifs is 4. The highest BCUT2D eigenvalue weighted by Crippen LogP contribution is 2.51. The molecule has 25 heavy (non-hydrogen) atoms. The smallest absolute Gasteiger partial charge is 0.256 e. The van der Waals surface area contributed by atoms with Gasteiger partial charge in [-0.15, -0.1) is 0 Å². The predicted octanol–water partition coefficient (Wildman–Crippen LogP) is 6.02. The largest absolute Gasteiger partial charge is 0.301 e. The number of pyridine rings is 1. The van der Waals surface area contributed by atoms with E-state index in [-0.39, 0.29) is 11.1 Å². The van der Waals surface area contributed by atoms with Gasteiger partial charge in [-0.1, -0.05) is 60.7 Å². The summed E-state index contributed by atoms with van der Waals surface area (Å²) in [5, 5.41) is 2.25. The van der Waals surface area contributed by atoms with Gasteiger partial charge in [-0.25, -0.2) is 0 Å². The van der Waals surface area contributed by atoms with E-state index in [2.05, 4.69) is 4.98 Å². The van der Waals surface area contributed by atoms with E-state index < -0.39 is 5.92 Å². The minimum Gasteiger partial charge on any atom is -0.256 e. The molecule has 0 unspecified atom stereocenters. The zero-order valence-corrected chi connectivity index (χ0v) is 13.2. The molecule has 4 aromatic rings. The Morgan fingerprint density at radius 3 is 2.32 bits per heavy atom. The summed E-state index contributed by atoms with van der Waals surface area (Å²) in [5.41, 5.74) is 2.83. The first-order chi connectivity index (χ1) is 12.1. The van der Waals surface area contributed by atoms with Crippen molar-refractivity contribution in [3.63, 3.8) is 0 Å². The summed E-state index contributed by atoms with van der Waals surface area (Å²) in [7, 11) is 0. The van der Waals surface area contributed by atoms with E-state index in [4.69, 9.17) is 0 Å². The van der Waals surface area contributed by atoms with Gasteiger partial charge in [-0.3, -0.25) is 4.98 Å². The molecular formula is C22H13F2N. The second kappa shape index (κ2) is 4.96. The van der Waals surface area contributed by atoms with Crippen molar-refractivity contribution in [2.45, 2.75) is 5.92 Å². The SMILES string of the molecule is FC1(F)c2ccccc2-c2cc(-c3ccc4ccccc4c3)ncc21. The molecular weight excluding hydrogens is 316 g/mol. The van der Waals surface area contributed by atoms with Crippen molar-refractivity contribution in [1.29, 1.82) is 0 Å². The topological polar surface area (TPSA) is 12.9 Å². The minimum atomic E-state index is -2.99. The van der Waals surface area contributed by atoms with E-state index in [1.54, 1.807) is 24.3 Å². The van der Waals surface area contributed by atoms with Crippen molar-refractivity contribution >= 4 is 10.8 Å². The van der Waals surface area contributed by atoms with Crippen molar-refractivity contribution in [3.05, 3.63) is 90.1 Å². The first-order valence-corrected chi connectivity index (χ1v) is 8.12. The first-order valence-electron chi connectivity index (χ1n) is 8.12. The van der Waals surface area contributed by atoms with Crippen LogP contribution in [0.1, 0.15) is 11.1 Å². The minimum absolute atomic E-state index is 0.0155. The number of aromatic nitrogens is 1. The van der Waals surface area contributed by atoms with E-state index in [0.29, 0.717) is 16.8 Å². The monoisotopic (exact) mass is 329 g/mol. The van der Waals surface area contributed by atoms with Crippen LogP contribution < -0.4 is 0 Å². The maximum absolute atomic E-state index is 14.6. The molecule has 0 atom stereocenters. The molecule has 0 fully saturated rings. The van der Waals surface area contributed by atoms with Gasteiger partial charge in [-0.05, 0) is 34.0 Å². The molecule has 5 rings (SSSR count). The summed E-state index contributed by atoms with van der Waals surface area (Å²) in [6.07, 6.45) is 1.32. The third-order valence-corrected chi connectivity index (χ3v) is 4.84. The van der Waals surface area contributed by atoms with Crippen LogP contribution in [-0.2, 0) is 5.92 Å². The lowest BCUT2D eigenvalue weighted by molar-refractivity contribution is 0.0477. The van der Waals surface area contributed by atoms with Crippen LogP contribution >= 0.6 is 0 Å². The first kappa shape index (κ1) is 14.3. The van der Waals surface area contributed by atoms with Gasteiger partial charge in [0.05, 0.1) is 11.3 Å². The van der Waals surface area contributed by atoms with Gasteiger partial charge in [0.15, 0.2) is 0 Å². The summed E-state index contributed by atoms with van der Waals surface area (Å²) in [5.74, 6) is -2.99. The van der Waals surface area contributed by atoms with Crippen molar-refractivity contribution < 1.29 is 8.78 Å². The van der Waals surface area contributed by atoms with E-state index in [1.165, 1.54) is 12.3 Å². The highest BCUT2D eigenvalue weighted by atomic mass is 19.3. The van der Waals surface area contributed by atoms with Crippen molar-refractivity contribution in [2.75, 3.05) is 0 Å². The summed E-state index contributed by atoms with van der Waals surface area (Å²) in [4.78, 5) is 4.33. The van der Waals surface area contributed by atoms with Gasteiger partial charge in [-0.2, -0.15) is 8.78 Å². The normalized spacial score (nSPS) is 14.3. The highest BCUT2D eigenvalue weighted by Gasteiger charge is 2.44. The Balaban J connectivity index is 1.71. The second-order valence-corrected chi connectivity index (χ2v) is 6.30. The van der Waals surface area contributed by atoms with Gasteiger partial charge < -0.3 is 0 Å². The molecule has 0 bridgehead atoms. The number of hydrogen-bond acceptors (Lipinski definition) is 1. The Morgan fingerprint density at radius 2 is 1.44 bits per heavy atom. The summed E-state index contributed by atoms with van der Waals surface area (Å²) in [6, 6.07) is 22.6. The number of nitrogens with zero attached hydrogens (tertiary/aromatic N) is 1. The van der Waals surface area contributed by atoms with E-state index in [9.17, 15) is 8.78 Å². The van der Waals surface area contributed by atoms with Gasteiger partial charge in [0.2, 0.25) is 0 Å². The zero-order chi connectivity index (χ0) is 17.0. The Kier molecular flexibility index (Phi) is 2.84. The molecule has 0 aliphatic heterocycles. The molecule has 1 aromatic heterocycles. The zero-order valence-electron chi connectivity index (χ0n) is 13.2. The fourth-order valence-corrected chi connectivity index (χ4v) is 3.57. The molecule has 1 aliphatic carbocycles. The van der Waals surface area contributed by atoms with Crippen LogP contribution in [0, 0.1) is 0 Å². The van der Waals surface area contributed by atoms with Gasteiger partial charge >= 0.3 is 5.92 Å². The predicted molar refractivity (Wildman–Crippen MR) is 95.6 cm³/mol. The molecule has 0 saturated carbocycles. The second-order valence-electron chi connectivity index (χ2n) is 6.30. The number of halogens is 2. The lowest BCUT2D eigenvalue weighted by Gasteiger charge is -2.12. The number of alkyl halides is 2. The molecule has 0 amide bonds. The molecule has 1 nitrogen and oxygen atoms in total. The van der Waals surface area contributed by atoms with Gasteiger partial charge in [0.25, 0.3) is 0 Å². The molecule has 3 aromatic carbocycles. The van der Waals surface area contributed by atoms with E-state index >= 15 is 0 Å². The molecule has 0 radical (unpaired) electrons. The van der Waals surface area contributed by atoms with Crippen LogP contribution in [0.15, 0.2) is 79.0 Å². The summed E-state index contributed by atoms with van der Waals surface area (Å²) >= 11 is 0. The fourth-order valence-electron chi connectivity index (χ4n) is 3.57. The van der Waals surface area contributed by atoms with Crippen LogP contribution in [0.5, 0.6) is 0 Å². The number of benzene rings is 3. The summed E-state index contributed by atoms with van der Waals surface area (Å²) in [6.45, 7) is 0. The maximum atomic E-state index is 14.6. The molecule has 3 heteroatoms. The lowest BCUT2D eigenvalue weighted by atomic mass is 10.0. The van der Waals surface area contributed by atoms with Crippen molar-refractivity contribution in [1.82, 2.24) is 4.98 Å². The van der Waals surface area contributed by atoms with Crippen LogP contribution in [0.4, 0.5) is 8.78 Å². The summed E-state index contributed by atoms with van der Waals surface area (Å²) < 4.78 is 29.3. The average Bonchev–Trinajstić information content (AvgIpc) is 2.89. The van der Waals surface area contributed by atoms with Crippen molar-refractivity contribution in [3.8, 4) is 22.4 Å². The van der Waals surface area contributed by atoms with Crippen LogP contribution in [0.3, 0.4) is 0 Å². The fraction of sp³-hybridized carbons (Fsp3) is 0.0455. The van der Waals surface area contributed by atoms with Crippen LogP contribution in [0.25, 0.3) is 33.2 Å². The third kappa shape index (κ3) is 2.02. The standard InChI is InChI=1S/C22H13F2N/c23-22(24)19-8-4-3-7-17(19)18-12-21(25-13-20(18)22)16-10-9-14-5-1-2-6-15(14)11-16/h1-13H. The quantitative estimate of drug-likeness (QED) is 0.416. The number of rotatable bonds is 1. The molecule has 0 spiro atoms. The average molecular weight is 329 g/mol. The van der Waals surface area contributed by atoms with Crippen molar-refractivity contribution in [2.24, 2.45) is 0 Å². The number of hydrogen-bond donors (Lipinski definition) is 0. The molecule has 1 aliphatic rings. The van der Waals surface area contributed by atoms with E-state index in [0.717, 1.165) is 16.3 Å². The van der Waals surface area contributed by atoms with Gasteiger partial charge in [0, 0.05) is 17.3 Å². The molecule has 1 heterocycles. The maximum Gasteiger partial charge on any atom is 0.301 e.